The summed E-state index contributed by atoms with van der Waals surface area (Å²) in [6, 6.07) is 12.1. The van der Waals surface area contributed by atoms with Crippen molar-refractivity contribution in [2.24, 2.45) is 0 Å². The van der Waals surface area contributed by atoms with Crippen LogP contribution in [0.1, 0.15) is 63.0 Å². The molecule has 0 aliphatic heterocycles. The Morgan fingerprint density at radius 2 is 1.67 bits per heavy atom. The molecule has 0 fully saturated rings. The smallest absolute Gasteiger partial charge is 0.335 e. The van der Waals surface area contributed by atoms with Crippen LogP contribution in [0.15, 0.2) is 36.4 Å². The predicted molar refractivity (Wildman–Crippen MR) is 104 cm³/mol. The second-order valence-electron chi connectivity index (χ2n) is 8.36. The Kier molecular flexibility index (Phi) is 5.51. The Bertz CT molecular complexity index is 896. The number of hydrogen-bond acceptors (Lipinski definition) is 4. The second kappa shape index (κ2) is 7.32. The number of nitrogens with zero attached hydrogens (tertiary/aromatic N) is 1. The van der Waals surface area contributed by atoms with Gasteiger partial charge < -0.3 is 14.6 Å². The molecule has 27 heavy (non-hydrogen) atoms. The standard InChI is InChI=1S/C22H25NO4/c1-21(2,3)15-10-14(20(24)25)11-16(12-15)26-18-8-7-9-19(17(18)13-23)27-22(4,5)6/h7-12H,1-6H3,(H,24,25). The number of carboxylic acids is 1. The van der Waals surface area contributed by atoms with Gasteiger partial charge in [0.05, 0.1) is 5.56 Å². The number of hydrogen-bond donors (Lipinski definition) is 1. The molecule has 5 heteroatoms. The Balaban J connectivity index is 2.51. The monoisotopic (exact) mass is 367 g/mol. The highest BCUT2D eigenvalue weighted by Crippen LogP contribution is 2.35. The van der Waals surface area contributed by atoms with Crippen LogP contribution in [0, 0.1) is 11.3 Å². The lowest BCUT2D eigenvalue weighted by Crippen LogP contribution is -2.23. The average Bonchev–Trinajstić information content (AvgIpc) is 2.52. The lowest BCUT2D eigenvalue weighted by atomic mass is 9.86. The molecule has 2 rings (SSSR count). The van der Waals surface area contributed by atoms with E-state index in [9.17, 15) is 15.2 Å². The zero-order valence-electron chi connectivity index (χ0n) is 16.6. The molecule has 1 N–H and O–H groups in total. The fraction of sp³-hybridized carbons (Fsp3) is 0.364. The third-order valence-electron chi connectivity index (χ3n) is 3.76. The molecule has 0 unspecified atom stereocenters. The lowest BCUT2D eigenvalue weighted by molar-refractivity contribution is 0.0696. The highest BCUT2D eigenvalue weighted by Gasteiger charge is 2.20. The van der Waals surface area contributed by atoms with Crippen molar-refractivity contribution in [2.45, 2.75) is 52.6 Å². The second-order valence-corrected chi connectivity index (χ2v) is 8.36. The summed E-state index contributed by atoms with van der Waals surface area (Å²) in [6.45, 7) is 11.7. The SMILES string of the molecule is CC(C)(C)Oc1cccc(Oc2cc(C(=O)O)cc(C(C)(C)C)c2)c1C#N. The van der Waals surface area contributed by atoms with Crippen LogP contribution in [0.4, 0.5) is 0 Å². The van der Waals surface area contributed by atoms with Gasteiger partial charge in [-0.1, -0.05) is 26.8 Å². The first kappa shape index (κ1) is 20.3. The predicted octanol–water partition coefficient (Wildman–Crippen LogP) is 5.52. The normalized spacial score (nSPS) is 11.6. The molecular weight excluding hydrogens is 342 g/mol. The van der Waals surface area contributed by atoms with E-state index in [0.29, 0.717) is 17.2 Å². The van der Waals surface area contributed by atoms with E-state index in [4.69, 9.17) is 9.47 Å². The van der Waals surface area contributed by atoms with Gasteiger partial charge in [-0.05, 0) is 62.1 Å². The number of carbonyl (C=O) groups is 1. The van der Waals surface area contributed by atoms with Crippen LogP contribution in [-0.2, 0) is 5.41 Å². The van der Waals surface area contributed by atoms with Crippen LogP contribution in [0.2, 0.25) is 0 Å². The third kappa shape index (κ3) is 5.24. The number of rotatable bonds is 4. The van der Waals surface area contributed by atoms with Crippen LogP contribution >= 0.6 is 0 Å². The fourth-order valence-corrected chi connectivity index (χ4v) is 2.46. The van der Waals surface area contributed by atoms with E-state index < -0.39 is 11.6 Å². The zero-order valence-corrected chi connectivity index (χ0v) is 16.6. The minimum atomic E-state index is -1.03. The molecule has 142 valence electrons. The first-order chi connectivity index (χ1) is 12.4. The summed E-state index contributed by atoms with van der Waals surface area (Å²) in [6.07, 6.45) is 0. The molecule has 0 amide bonds. The van der Waals surface area contributed by atoms with Gasteiger partial charge >= 0.3 is 5.97 Å². The minimum absolute atomic E-state index is 0.137. The van der Waals surface area contributed by atoms with E-state index in [-0.39, 0.29) is 16.5 Å². The highest BCUT2D eigenvalue weighted by atomic mass is 16.5. The van der Waals surface area contributed by atoms with Crippen molar-refractivity contribution < 1.29 is 19.4 Å². The topological polar surface area (TPSA) is 79.6 Å². The van der Waals surface area contributed by atoms with E-state index in [2.05, 4.69) is 6.07 Å². The molecular formula is C22H25NO4. The summed E-state index contributed by atoms with van der Waals surface area (Å²) in [4.78, 5) is 11.5. The van der Waals surface area contributed by atoms with Crippen molar-refractivity contribution in [3.8, 4) is 23.3 Å². The van der Waals surface area contributed by atoms with Gasteiger partial charge in [-0.2, -0.15) is 5.26 Å². The molecule has 0 aliphatic rings. The van der Waals surface area contributed by atoms with Crippen LogP contribution in [0.3, 0.4) is 0 Å². The zero-order chi connectivity index (χ0) is 20.4. The first-order valence-corrected chi connectivity index (χ1v) is 8.69. The first-order valence-electron chi connectivity index (χ1n) is 8.69. The molecule has 2 aromatic carbocycles. The van der Waals surface area contributed by atoms with Gasteiger partial charge in [0, 0.05) is 0 Å². The van der Waals surface area contributed by atoms with Gasteiger partial charge in [0.15, 0.2) is 0 Å². The van der Waals surface area contributed by atoms with Gasteiger partial charge in [-0.15, -0.1) is 0 Å². The Morgan fingerprint density at radius 3 is 2.19 bits per heavy atom. The molecule has 0 saturated heterocycles. The van der Waals surface area contributed by atoms with E-state index in [1.165, 1.54) is 6.07 Å². The Labute approximate surface area is 160 Å². The third-order valence-corrected chi connectivity index (χ3v) is 3.76. The molecule has 0 aromatic heterocycles. The van der Waals surface area contributed by atoms with Crippen LogP contribution < -0.4 is 9.47 Å². The molecule has 0 bridgehead atoms. The summed E-state index contributed by atoms with van der Waals surface area (Å²) >= 11 is 0. The van der Waals surface area contributed by atoms with E-state index in [1.54, 1.807) is 30.3 Å². The maximum Gasteiger partial charge on any atom is 0.335 e. The number of ether oxygens (including phenoxy) is 2. The molecule has 0 heterocycles. The van der Waals surface area contributed by atoms with Crippen LogP contribution in [-0.4, -0.2) is 16.7 Å². The maximum atomic E-state index is 11.5. The van der Waals surface area contributed by atoms with E-state index >= 15 is 0 Å². The van der Waals surface area contributed by atoms with Crippen molar-refractivity contribution in [2.75, 3.05) is 0 Å². The summed E-state index contributed by atoms with van der Waals surface area (Å²) in [5.41, 5.74) is 0.521. The van der Waals surface area contributed by atoms with Gasteiger partial charge in [0.1, 0.15) is 34.5 Å². The van der Waals surface area contributed by atoms with Gasteiger partial charge in [0.25, 0.3) is 0 Å². The van der Waals surface area contributed by atoms with Gasteiger partial charge in [-0.3, -0.25) is 0 Å². The van der Waals surface area contributed by atoms with E-state index in [1.807, 2.05) is 41.5 Å². The number of aromatic carboxylic acids is 1. The molecule has 0 radical (unpaired) electrons. The molecule has 0 aliphatic carbocycles. The van der Waals surface area contributed by atoms with Gasteiger partial charge in [-0.25, -0.2) is 4.79 Å². The summed E-state index contributed by atoms with van der Waals surface area (Å²) in [7, 11) is 0. The maximum absolute atomic E-state index is 11.5. The fourth-order valence-electron chi connectivity index (χ4n) is 2.46. The number of carboxylic acid groups (broad SMARTS) is 1. The Hall–Kier alpha value is -3.00. The lowest BCUT2D eigenvalue weighted by Gasteiger charge is -2.23. The molecule has 0 saturated carbocycles. The van der Waals surface area contributed by atoms with Crippen LogP contribution in [0.25, 0.3) is 0 Å². The van der Waals surface area contributed by atoms with Crippen molar-refractivity contribution in [3.05, 3.63) is 53.1 Å². The van der Waals surface area contributed by atoms with Crippen molar-refractivity contribution in [1.29, 1.82) is 5.26 Å². The largest absolute Gasteiger partial charge is 0.487 e. The van der Waals surface area contributed by atoms with Crippen LogP contribution in [0.5, 0.6) is 17.2 Å². The van der Waals surface area contributed by atoms with Crippen molar-refractivity contribution >= 4 is 5.97 Å². The van der Waals surface area contributed by atoms with Crippen molar-refractivity contribution in [3.63, 3.8) is 0 Å². The molecule has 5 nitrogen and oxygen atoms in total. The van der Waals surface area contributed by atoms with Gasteiger partial charge in [0.2, 0.25) is 0 Å². The highest BCUT2D eigenvalue weighted by molar-refractivity contribution is 5.88. The minimum Gasteiger partial charge on any atom is -0.487 e. The average molecular weight is 367 g/mol. The number of benzene rings is 2. The Morgan fingerprint density at radius 1 is 1.04 bits per heavy atom. The van der Waals surface area contributed by atoms with Crippen molar-refractivity contribution in [1.82, 2.24) is 0 Å². The molecule has 0 atom stereocenters. The molecule has 0 spiro atoms. The quantitative estimate of drug-likeness (QED) is 0.769. The van der Waals surface area contributed by atoms with E-state index in [0.717, 1.165) is 5.56 Å². The summed E-state index contributed by atoms with van der Waals surface area (Å²) in [5.74, 6) is 0.0788. The molecule has 2 aromatic rings. The summed E-state index contributed by atoms with van der Waals surface area (Å²) < 4.78 is 11.8. The number of nitriles is 1. The summed E-state index contributed by atoms with van der Waals surface area (Å²) in [5, 5.41) is 19.0.